The van der Waals surface area contributed by atoms with Crippen LogP contribution in [0, 0.1) is 5.92 Å². The highest BCUT2D eigenvalue weighted by atomic mass is 35.5. The van der Waals surface area contributed by atoms with Gasteiger partial charge in [-0.1, -0.05) is 49.1 Å². The van der Waals surface area contributed by atoms with E-state index in [9.17, 15) is 14.4 Å². The molecule has 4 rings (SSSR count). The number of benzene rings is 2. The molecule has 1 aliphatic carbocycles. The molecule has 0 aromatic heterocycles. The van der Waals surface area contributed by atoms with Crippen molar-refractivity contribution in [3.63, 3.8) is 0 Å². The third kappa shape index (κ3) is 5.02. The number of para-hydroxylation sites is 1. The first-order chi connectivity index (χ1) is 16.4. The zero-order valence-electron chi connectivity index (χ0n) is 19.3. The average molecular weight is 482 g/mol. The van der Waals surface area contributed by atoms with Crippen molar-refractivity contribution < 1.29 is 23.9 Å². The summed E-state index contributed by atoms with van der Waals surface area (Å²) in [6, 6.07) is 15.2. The Kier molecular flexibility index (Phi) is 7.37. The van der Waals surface area contributed by atoms with E-state index in [0.29, 0.717) is 22.0 Å². The van der Waals surface area contributed by atoms with Crippen molar-refractivity contribution in [1.82, 2.24) is 0 Å². The summed E-state index contributed by atoms with van der Waals surface area (Å²) < 4.78 is 11.3. The Morgan fingerprint density at radius 3 is 2.26 bits per heavy atom. The number of ether oxygens (including phenoxy) is 2. The lowest BCUT2D eigenvalue weighted by Gasteiger charge is -2.35. The molecule has 0 saturated heterocycles. The van der Waals surface area contributed by atoms with Crippen molar-refractivity contribution in [1.29, 1.82) is 0 Å². The summed E-state index contributed by atoms with van der Waals surface area (Å²) in [6.45, 7) is 2.96. The first kappa shape index (κ1) is 24.0. The molecule has 1 fully saturated rings. The van der Waals surface area contributed by atoms with Crippen LogP contribution in [0.4, 0.5) is 5.69 Å². The molecule has 7 heteroatoms. The van der Waals surface area contributed by atoms with Crippen LogP contribution in [0.5, 0.6) is 5.75 Å². The zero-order chi connectivity index (χ0) is 24.2. The Labute approximate surface area is 204 Å². The topological polar surface area (TPSA) is 72.9 Å². The fraction of sp³-hybridized carbons (Fsp3) is 0.370. The van der Waals surface area contributed by atoms with Crippen molar-refractivity contribution in [2.75, 3.05) is 4.90 Å². The molecule has 0 bridgehead atoms. The Balaban J connectivity index is 1.67. The van der Waals surface area contributed by atoms with E-state index in [4.69, 9.17) is 21.1 Å². The largest absolute Gasteiger partial charge is 0.473 e. The molecule has 0 radical (unpaired) electrons. The summed E-state index contributed by atoms with van der Waals surface area (Å²) in [5.74, 6) is -0.880. The van der Waals surface area contributed by atoms with Gasteiger partial charge in [-0.25, -0.2) is 4.79 Å². The standard InChI is InChI=1S/C27H28ClNO5/c1-17(30)23-24(19-9-5-3-6-10-19)29(21-15-13-20(28)14-16-21)26(31)25(23)33-18(2)27(32)34-22-11-7-4-8-12-22/h4,7-8,11-16,18-19,24H,3,5-6,9-10H2,1-2H3/t18-,24?/m1/s1. The molecule has 1 aliphatic heterocycles. The van der Waals surface area contributed by atoms with E-state index in [1.165, 1.54) is 13.8 Å². The van der Waals surface area contributed by atoms with Crippen molar-refractivity contribution in [2.45, 2.75) is 58.1 Å². The molecule has 6 nitrogen and oxygen atoms in total. The SMILES string of the molecule is CC(=O)C1=C(O[C@H](C)C(=O)Oc2ccccc2)C(=O)N(c2ccc(Cl)cc2)C1C1CCCCC1. The summed E-state index contributed by atoms with van der Waals surface area (Å²) in [5.41, 5.74) is 0.966. The number of hydrogen-bond donors (Lipinski definition) is 0. The Hall–Kier alpha value is -3.12. The lowest BCUT2D eigenvalue weighted by atomic mass is 9.80. The van der Waals surface area contributed by atoms with Crippen molar-refractivity contribution in [3.05, 3.63) is 71.0 Å². The van der Waals surface area contributed by atoms with Gasteiger partial charge in [-0.3, -0.25) is 14.5 Å². The predicted octanol–water partition coefficient (Wildman–Crippen LogP) is 5.49. The van der Waals surface area contributed by atoms with Gasteiger partial charge in [0.2, 0.25) is 0 Å². The molecule has 1 unspecified atom stereocenters. The summed E-state index contributed by atoms with van der Waals surface area (Å²) in [4.78, 5) is 40.8. The molecule has 0 N–H and O–H groups in total. The van der Waals surface area contributed by atoms with Crippen molar-refractivity contribution >= 4 is 34.9 Å². The Morgan fingerprint density at radius 1 is 1.00 bits per heavy atom. The van der Waals surface area contributed by atoms with Gasteiger partial charge in [-0.15, -0.1) is 0 Å². The highest BCUT2D eigenvalue weighted by molar-refractivity contribution is 6.30. The van der Waals surface area contributed by atoms with Crippen LogP contribution in [-0.2, 0) is 19.1 Å². The maximum atomic E-state index is 13.7. The summed E-state index contributed by atoms with van der Waals surface area (Å²) in [6.07, 6.45) is 3.99. The number of carbonyl (C=O) groups excluding carboxylic acids is 3. The predicted molar refractivity (Wildman–Crippen MR) is 130 cm³/mol. The van der Waals surface area contributed by atoms with Gasteiger partial charge in [-0.05, 0) is 69.0 Å². The third-order valence-corrected chi connectivity index (χ3v) is 6.65. The maximum Gasteiger partial charge on any atom is 0.352 e. The highest BCUT2D eigenvalue weighted by Crippen LogP contribution is 2.41. The molecular formula is C27H28ClNO5. The molecule has 34 heavy (non-hydrogen) atoms. The lowest BCUT2D eigenvalue weighted by molar-refractivity contribution is -0.144. The van der Waals surface area contributed by atoms with E-state index >= 15 is 0 Å². The molecule has 2 aliphatic rings. The Bertz CT molecular complexity index is 1090. The molecule has 0 spiro atoms. The summed E-state index contributed by atoms with van der Waals surface area (Å²) in [7, 11) is 0. The van der Waals surface area contributed by atoms with Gasteiger partial charge in [-0.2, -0.15) is 0 Å². The molecule has 1 heterocycles. The molecule has 2 aromatic rings. The van der Waals surface area contributed by atoms with Gasteiger partial charge in [0.25, 0.3) is 5.91 Å². The number of amides is 1. The molecule has 1 amide bonds. The smallest absolute Gasteiger partial charge is 0.352 e. The first-order valence-corrected chi connectivity index (χ1v) is 12.0. The maximum absolute atomic E-state index is 13.7. The second-order valence-corrected chi connectivity index (χ2v) is 9.22. The molecule has 2 atom stereocenters. The van der Waals surface area contributed by atoms with Gasteiger partial charge in [0.15, 0.2) is 17.6 Å². The molecular weight excluding hydrogens is 454 g/mol. The van der Waals surface area contributed by atoms with Crippen LogP contribution in [0.25, 0.3) is 0 Å². The minimum atomic E-state index is -1.08. The van der Waals surface area contributed by atoms with Crippen molar-refractivity contribution in [3.8, 4) is 5.75 Å². The van der Waals surface area contributed by atoms with Crippen LogP contribution in [0.15, 0.2) is 65.9 Å². The summed E-state index contributed by atoms with van der Waals surface area (Å²) in [5, 5.41) is 0.554. The second-order valence-electron chi connectivity index (χ2n) is 8.79. The number of ketones is 1. The van der Waals surface area contributed by atoms with Crippen molar-refractivity contribution in [2.24, 2.45) is 5.92 Å². The van der Waals surface area contributed by atoms with Crippen LogP contribution < -0.4 is 9.64 Å². The minimum absolute atomic E-state index is 0.0736. The lowest BCUT2D eigenvalue weighted by Crippen LogP contribution is -2.42. The molecule has 178 valence electrons. The second kappa shape index (κ2) is 10.4. The van der Waals surface area contributed by atoms with E-state index in [1.807, 2.05) is 6.07 Å². The van der Waals surface area contributed by atoms with Gasteiger partial charge in [0.05, 0.1) is 11.6 Å². The zero-order valence-corrected chi connectivity index (χ0v) is 20.1. The number of rotatable bonds is 7. The van der Waals surface area contributed by atoms with E-state index in [0.717, 1.165) is 32.1 Å². The van der Waals surface area contributed by atoms with E-state index < -0.39 is 24.0 Å². The monoisotopic (exact) mass is 481 g/mol. The van der Waals surface area contributed by atoms with E-state index in [1.54, 1.807) is 53.4 Å². The van der Waals surface area contributed by atoms with Crippen LogP contribution in [0.2, 0.25) is 5.02 Å². The quantitative estimate of drug-likeness (QED) is 0.386. The van der Waals surface area contributed by atoms with Gasteiger partial charge >= 0.3 is 5.97 Å². The van der Waals surface area contributed by atoms with E-state index in [-0.39, 0.29) is 17.5 Å². The van der Waals surface area contributed by atoms with Crippen LogP contribution in [0.3, 0.4) is 0 Å². The first-order valence-electron chi connectivity index (χ1n) is 11.6. The number of anilines is 1. The van der Waals surface area contributed by atoms with Gasteiger partial charge < -0.3 is 9.47 Å². The minimum Gasteiger partial charge on any atom is -0.473 e. The number of carbonyl (C=O) groups is 3. The molecule has 2 aromatic carbocycles. The number of nitrogens with zero attached hydrogens (tertiary/aromatic N) is 1. The number of hydrogen-bond acceptors (Lipinski definition) is 5. The molecule has 1 saturated carbocycles. The number of esters is 1. The fourth-order valence-corrected chi connectivity index (χ4v) is 4.91. The van der Waals surface area contributed by atoms with Crippen LogP contribution >= 0.6 is 11.6 Å². The van der Waals surface area contributed by atoms with Gasteiger partial charge in [0.1, 0.15) is 5.75 Å². The average Bonchev–Trinajstić information content (AvgIpc) is 3.13. The fourth-order valence-electron chi connectivity index (χ4n) is 4.78. The van der Waals surface area contributed by atoms with Crippen LogP contribution in [-0.4, -0.2) is 29.8 Å². The van der Waals surface area contributed by atoms with E-state index in [2.05, 4.69) is 0 Å². The van der Waals surface area contributed by atoms with Gasteiger partial charge in [0, 0.05) is 10.7 Å². The summed E-state index contributed by atoms with van der Waals surface area (Å²) >= 11 is 6.07. The number of halogens is 1. The normalized spacial score (nSPS) is 19.8. The highest BCUT2D eigenvalue weighted by Gasteiger charge is 2.47. The van der Waals surface area contributed by atoms with Crippen LogP contribution in [0.1, 0.15) is 46.0 Å². The number of Topliss-reactive ketones (excluding diaryl/α,β-unsaturated/α-hetero) is 1. The Morgan fingerprint density at radius 2 is 1.65 bits per heavy atom. The third-order valence-electron chi connectivity index (χ3n) is 6.40.